The van der Waals surface area contributed by atoms with Gasteiger partial charge in [0.2, 0.25) is 0 Å². The average molecular weight is 187 g/mol. The van der Waals surface area contributed by atoms with Gasteiger partial charge in [-0.2, -0.15) is 0 Å². The maximum Gasteiger partial charge on any atom is 0.309 e. The molecule has 0 spiro atoms. The highest BCUT2D eigenvalue weighted by Crippen LogP contribution is 2.19. The Bertz CT molecular complexity index is 144. The maximum absolute atomic E-state index is 11.2. The molecule has 0 aromatic carbocycles. The van der Waals surface area contributed by atoms with Crippen LogP contribution in [0, 0.1) is 11.8 Å². The first-order chi connectivity index (χ1) is 6.19. The Balaban J connectivity index is 4.02. The fourth-order valence-corrected chi connectivity index (χ4v) is 1.48. The summed E-state index contributed by atoms with van der Waals surface area (Å²) in [6.45, 7) is 4.67. The topological polar surface area (TPSA) is 52.3 Å². The molecule has 2 N–H and O–H groups in total. The van der Waals surface area contributed by atoms with Crippen molar-refractivity contribution in [3.05, 3.63) is 0 Å². The van der Waals surface area contributed by atoms with Gasteiger partial charge >= 0.3 is 5.97 Å². The zero-order chi connectivity index (χ0) is 10.3. The quantitative estimate of drug-likeness (QED) is 0.642. The zero-order valence-electron chi connectivity index (χ0n) is 8.88. The molecule has 3 nitrogen and oxygen atoms in total. The van der Waals surface area contributed by atoms with Crippen LogP contribution in [-0.4, -0.2) is 19.6 Å². The average Bonchev–Trinajstić information content (AvgIpc) is 2.19. The van der Waals surface area contributed by atoms with Crippen molar-refractivity contribution in [2.24, 2.45) is 17.6 Å². The van der Waals surface area contributed by atoms with E-state index in [9.17, 15) is 4.79 Å². The number of rotatable bonds is 6. The molecule has 13 heavy (non-hydrogen) atoms. The maximum atomic E-state index is 11.2. The first kappa shape index (κ1) is 12.4. The molecule has 0 rings (SSSR count). The molecule has 0 amide bonds. The molecular formula is C10H21NO2. The smallest absolute Gasteiger partial charge is 0.309 e. The van der Waals surface area contributed by atoms with Gasteiger partial charge in [0.1, 0.15) is 0 Å². The van der Waals surface area contributed by atoms with Gasteiger partial charge in [0, 0.05) is 6.54 Å². The van der Waals surface area contributed by atoms with Crippen LogP contribution in [0.1, 0.15) is 33.1 Å². The summed E-state index contributed by atoms with van der Waals surface area (Å²) in [6.07, 6.45) is 3.06. The van der Waals surface area contributed by atoms with Crippen LogP contribution in [0.25, 0.3) is 0 Å². The van der Waals surface area contributed by atoms with Crippen LogP contribution in [0.3, 0.4) is 0 Å². The van der Waals surface area contributed by atoms with E-state index >= 15 is 0 Å². The van der Waals surface area contributed by atoms with E-state index in [1.54, 1.807) is 0 Å². The van der Waals surface area contributed by atoms with Gasteiger partial charge in [0.25, 0.3) is 0 Å². The van der Waals surface area contributed by atoms with E-state index in [4.69, 9.17) is 5.73 Å². The Labute approximate surface area is 80.6 Å². The standard InChI is InChI=1S/C10H21NO2/c1-4-8(5-2)6-9(7-11)10(12)13-3/h8-9H,4-7,11H2,1-3H3. The lowest BCUT2D eigenvalue weighted by molar-refractivity contribution is -0.145. The number of ether oxygens (including phenoxy) is 1. The number of carbonyl (C=O) groups is 1. The third-order valence-electron chi connectivity index (χ3n) is 2.59. The van der Waals surface area contributed by atoms with Crippen LogP contribution in [0.2, 0.25) is 0 Å². The van der Waals surface area contributed by atoms with Crippen molar-refractivity contribution in [2.45, 2.75) is 33.1 Å². The molecule has 0 aromatic rings. The lowest BCUT2D eigenvalue weighted by atomic mass is 9.91. The predicted octanol–water partition coefficient (Wildman–Crippen LogP) is 1.56. The Morgan fingerprint density at radius 2 is 1.92 bits per heavy atom. The SMILES string of the molecule is CCC(CC)CC(CN)C(=O)OC. The summed E-state index contributed by atoms with van der Waals surface area (Å²) < 4.78 is 4.67. The number of methoxy groups -OCH3 is 1. The van der Waals surface area contributed by atoms with Gasteiger partial charge < -0.3 is 10.5 Å². The van der Waals surface area contributed by atoms with E-state index in [0.29, 0.717) is 12.5 Å². The Morgan fingerprint density at radius 1 is 1.38 bits per heavy atom. The van der Waals surface area contributed by atoms with Crippen molar-refractivity contribution >= 4 is 5.97 Å². The van der Waals surface area contributed by atoms with Gasteiger partial charge in [0.15, 0.2) is 0 Å². The lowest BCUT2D eigenvalue weighted by Gasteiger charge is -2.18. The molecule has 3 heteroatoms. The van der Waals surface area contributed by atoms with E-state index in [0.717, 1.165) is 19.3 Å². The van der Waals surface area contributed by atoms with Crippen LogP contribution in [0.15, 0.2) is 0 Å². The summed E-state index contributed by atoms with van der Waals surface area (Å²) >= 11 is 0. The van der Waals surface area contributed by atoms with Gasteiger partial charge in [-0.15, -0.1) is 0 Å². The third kappa shape index (κ3) is 4.27. The summed E-state index contributed by atoms with van der Waals surface area (Å²) in [5.74, 6) is 0.303. The Morgan fingerprint density at radius 3 is 2.23 bits per heavy atom. The summed E-state index contributed by atoms with van der Waals surface area (Å²) in [7, 11) is 1.41. The molecule has 0 fully saturated rings. The molecule has 0 aliphatic carbocycles. The van der Waals surface area contributed by atoms with Crippen molar-refractivity contribution in [3.63, 3.8) is 0 Å². The van der Waals surface area contributed by atoms with Crippen LogP contribution < -0.4 is 5.73 Å². The van der Waals surface area contributed by atoms with Crippen molar-refractivity contribution in [1.29, 1.82) is 0 Å². The zero-order valence-corrected chi connectivity index (χ0v) is 8.88. The van der Waals surface area contributed by atoms with E-state index < -0.39 is 0 Å². The van der Waals surface area contributed by atoms with E-state index in [1.165, 1.54) is 7.11 Å². The number of hydrogen-bond donors (Lipinski definition) is 1. The largest absolute Gasteiger partial charge is 0.469 e. The number of hydrogen-bond acceptors (Lipinski definition) is 3. The molecule has 0 heterocycles. The van der Waals surface area contributed by atoms with E-state index in [-0.39, 0.29) is 11.9 Å². The molecule has 0 bridgehead atoms. The second-order valence-electron chi connectivity index (χ2n) is 3.37. The van der Waals surface area contributed by atoms with Crippen molar-refractivity contribution < 1.29 is 9.53 Å². The van der Waals surface area contributed by atoms with Gasteiger partial charge in [0.05, 0.1) is 13.0 Å². The van der Waals surface area contributed by atoms with Crippen LogP contribution in [0.4, 0.5) is 0 Å². The van der Waals surface area contributed by atoms with Gasteiger partial charge in [-0.1, -0.05) is 26.7 Å². The second kappa shape index (κ2) is 6.89. The Kier molecular flexibility index (Phi) is 6.59. The summed E-state index contributed by atoms with van der Waals surface area (Å²) in [5, 5.41) is 0. The minimum Gasteiger partial charge on any atom is -0.469 e. The second-order valence-corrected chi connectivity index (χ2v) is 3.37. The first-order valence-corrected chi connectivity index (χ1v) is 4.97. The van der Waals surface area contributed by atoms with Crippen molar-refractivity contribution in [3.8, 4) is 0 Å². The highest BCUT2D eigenvalue weighted by molar-refractivity contribution is 5.72. The van der Waals surface area contributed by atoms with E-state index in [2.05, 4.69) is 18.6 Å². The molecule has 0 radical (unpaired) electrons. The monoisotopic (exact) mass is 187 g/mol. The van der Waals surface area contributed by atoms with Gasteiger partial charge in [-0.3, -0.25) is 4.79 Å². The third-order valence-corrected chi connectivity index (χ3v) is 2.59. The molecule has 1 atom stereocenters. The minimum absolute atomic E-state index is 0.116. The first-order valence-electron chi connectivity index (χ1n) is 4.97. The molecule has 78 valence electrons. The Hall–Kier alpha value is -0.570. The molecule has 0 aliphatic rings. The fourth-order valence-electron chi connectivity index (χ4n) is 1.48. The number of carbonyl (C=O) groups excluding carboxylic acids is 1. The molecule has 1 unspecified atom stereocenters. The summed E-state index contributed by atoms with van der Waals surface area (Å²) in [5.41, 5.74) is 5.51. The normalized spacial score (nSPS) is 13.0. The number of esters is 1. The molecule has 0 aromatic heterocycles. The van der Waals surface area contributed by atoms with E-state index in [1.807, 2.05) is 0 Å². The van der Waals surface area contributed by atoms with Crippen LogP contribution in [0.5, 0.6) is 0 Å². The molecule has 0 aliphatic heterocycles. The molecule has 0 saturated carbocycles. The summed E-state index contributed by atoms with van der Waals surface area (Å²) in [4.78, 5) is 11.2. The number of nitrogens with two attached hydrogens (primary N) is 1. The molecule has 0 saturated heterocycles. The fraction of sp³-hybridized carbons (Fsp3) is 0.900. The van der Waals surface area contributed by atoms with Gasteiger partial charge in [-0.25, -0.2) is 0 Å². The minimum atomic E-state index is -0.172. The van der Waals surface area contributed by atoms with Gasteiger partial charge in [-0.05, 0) is 12.3 Å². The highest BCUT2D eigenvalue weighted by atomic mass is 16.5. The van der Waals surface area contributed by atoms with Crippen LogP contribution >= 0.6 is 0 Å². The molecular weight excluding hydrogens is 166 g/mol. The summed E-state index contributed by atoms with van der Waals surface area (Å²) in [6, 6.07) is 0. The van der Waals surface area contributed by atoms with Crippen molar-refractivity contribution in [1.82, 2.24) is 0 Å². The predicted molar refractivity (Wildman–Crippen MR) is 53.2 cm³/mol. The highest BCUT2D eigenvalue weighted by Gasteiger charge is 2.20. The van der Waals surface area contributed by atoms with Crippen LogP contribution in [-0.2, 0) is 9.53 Å². The van der Waals surface area contributed by atoms with Crippen molar-refractivity contribution in [2.75, 3.05) is 13.7 Å². The lowest BCUT2D eigenvalue weighted by Crippen LogP contribution is -2.27.